The Balaban J connectivity index is 1.74. The van der Waals surface area contributed by atoms with E-state index >= 15 is 0 Å². The number of urea groups is 1. The van der Waals surface area contributed by atoms with Crippen molar-refractivity contribution >= 4 is 16.1 Å². The second kappa shape index (κ2) is 8.12. The first-order valence-electron chi connectivity index (χ1n) is 7.78. The smallest absolute Gasteiger partial charge is 0.319 e. The Kier molecular flexibility index (Phi) is 6.18. The van der Waals surface area contributed by atoms with E-state index < -0.39 is 10.0 Å². The van der Waals surface area contributed by atoms with E-state index in [9.17, 15) is 13.2 Å². The molecule has 2 amide bonds. The minimum absolute atomic E-state index is 0.0566. The van der Waals surface area contributed by atoms with Crippen molar-refractivity contribution in [2.45, 2.75) is 43.5 Å². The van der Waals surface area contributed by atoms with Crippen LogP contribution in [-0.4, -0.2) is 14.4 Å². The highest BCUT2D eigenvalue weighted by atomic mass is 32.2. The fraction of sp³-hybridized carbons (Fsp3) is 0.438. The zero-order valence-electron chi connectivity index (χ0n) is 13.0. The van der Waals surface area contributed by atoms with Crippen LogP contribution < -0.4 is 15.8 Å². The third-order valence-electron chi connectivity index (χ3n) is 3.94. The molecule has 1 aliphatic carbocycles. The quantitative estimate of drug-likeness (QED) is 0.768. The van der Waals surface area contributed by atoms with Crippen LogP contribution in [0, 0.1) is 5.92 Å². The van der Waals surface area contributed by atoms with Gasteiger partial charge in [0, 0.05) is 12.7 Å². The van der Waals surface area contributed by atoms with E-state index in [0.717, 1.165) is 5.56 Å². The third-order valence-corrected chi connectivity index (χ3v) is 4.87. The molecule has 0 atom stereocenters. The van der Waals surface area contributed by atoms with Crippen LogP contribution in [0.2, 0.25) is 0 Å². The highest BCUT2D eigenvalue weighted by molar-refractivity contribution is 7.89. The summed E-state index contributed by atoms with van der Waals surface area (Å²) in [6, 6.07) is 5.81. The number of sulfonamides is 1. The number of carbonyl (C=O) groups excluding carboxylic acids is 1. The standard InChI is InChI=1S/C16H23N3O3S/c17-23(21,22)15-8-6-14(7-9-15)12-19-16(20)18-11-10-13-4-2-1-3-5-13/h6-11,13H,1-5,12H2,(H2,17,21,22)(H2,18,19,20)/b11-10+. The van der Waals surface area contributed by atoms with Crippen molar-refractivity contribution in [1.82, 2.24) is 10.6 Å². The van der Waals surface area contributed by atoms with Crippen LogP contribution in [0.3, 0.4) is 0 Å². The number of benzene rings is 1. The van der Waals surface area contributed by atoms with Crippen molar-refractivity contribution in [3.05, 3.63) is 42.1 Å². The molecule has 1 aromatic carbocycles. The first-order valence-corrected chi connectivity index (χ1v) is 9.32. The van der Waals surface area contributed by atoms with Gasteiger partial charge in [-0.3, -0.25) is 0 Å². The molecule has 0 aromatic heterocycles. The van der Waals surface area contributed by atoms with Crippen molar-refractivity contribution < 1.29 is 13.2 Å². The van der Waals surface area contributed by atoms with Gasteiger partial charge >= 0.3 is 6.03 Å². The van der Waals surface area contributed by atoms with Gasteiger partial charge in [-0.25, -0.2) is 18.4 Å². The molecule has 0 bridgehead atoms. The molecule has 0 spiro atoms. The lowest BCUT2D eigenvalue weighted by Crippen LogP contribution is -2.31. The predicted molar refractivity (Wildman–Crippen MR) is 88.9 cm³/mol. The minimum Gasteiger partial charge on any atom is -0.334 e. The van der Waals surface area contributed by atoms with Crippen molar-refractivity contribution in [3.8, 4) is 0 Å². The molecule has 0 saturated heterocycles. The van der Waals surface area contributed by atoms with Gasteiger partial charge in [0.15, 0.2) is 0 Å². The van der Waals surface area contributed by atoms with Crippen molar-refractivity contribution in [3.63, 3.8) is 0 Å². The van der Waals surface area contributed by atoms with Crippen molar-refractivity contribution in [2.75, 3.05) is 0 Å². The topological polar surface area (TPSA) is 101 Å². The number of primary sulfonamides is 1. The summed E-state index contributed by atoms with van der Waals surface area (Å²) in [4.78, 5) is 11.8. The van der Waals surface area contributed by atoms with E-state index in [0.29, 0.717) is 12.5 Å². The van der Waals surface area contributed by atoms with Crippen molar-refractivity contribution in [2.24, 2.45) is 11.1 Å². The van der Waals surface area contributed by atoms with Gasteiger partial charge in [0.25, 0.3) is 0 Å². The molecular weight excluding hydrogens is 314 g/mol. The Bertz CT molecular complexity index is 648. The normalized spacial score (nSPS) is 16.4. The summed E-state index contributed by atoms with van der Waals surface area (Å²) in [7, 11) is -3.68. The molecule has 0 radical (unpaired) electrons. The van der Waals surface area contributed by atoms with Gasteiger partial charge in [-0.05, 0) is 36.5 Å². The summed E-state index contributed by atoms with van der Waals surface area (Å²) in [5, 5.41) is 10.4. The summed E-state index contributed by atoms with van der Waals surface area (Å²) in [6.45, 7) is 0.313. The van der Waals surface area contributed by atoms with E-state index in [4.69, 9.17) is 5.14 Å². The molecule has 1 aliphatic rings. The minimum atomic E-state index is -3.68. The van der Waals surface area contributed by atoms with Crippen LogP contribution in [0.1, 0.15) is 37.7 Å². The van der Waals surface area contributed by atoms with E-state index in [-0.39, 0.29) is 10.9 Å². The Morgan fingerprint density at radius 2 is 1.83 bits per heavy atom. The van der Waals surface area contributed by atoms with E-state index in [1.807, 2.05) is 0 Å². The van der Waals surface area contributed by atoms with Crippen LogP contribution >= 0.6 is 0 Å². The first-order chi connectivity index (χ1) is 10.9. The number of hydrogen-bond donors (Lipinski definition) is 3. The monoisotopic (exact) mass is 337 g/mol. The molecule has 6 nitrogen and oxygen atoms in total. The fourth-order valence-corrected chi connectivity index (χ4v) is 3.13. The zero-order valence-corrected chi connectivity index (χ0v) is 13.8. The van der Waals surface area contributed by atoms with Gasteiger partial charge in [-0.15, -0.1) is 0 Å². The van der Waals surface area contributed by atoms with Gasteiger partial charge in [0.05, 0.1) is 4.90 Å². The van der Waals surface area contributed by atoms with Crippen LogP contribution in [0.4, 0.5) is 4.79 Å². The number of carbonyl (C=O) groups is 1. The van der Waals surface area contributed by atoms with E-state index in [1.54, 1.807) is 18.3 Å². The van der Waals surface area contributed by atoms with Gasteiger partial charge in [-0.1, -0.05) is 37.5 Å². The van der Waals surface area contributed by atoms with Gasteiger partial charge in [0.1, 0.15) is 0 Å². The van der Waals surface area contributed by atoms with Gasteiger partial charge in [0.2, 0.25) is 10.0 Å². The fourth-order valence-electron chi connectivity index (χ4n) is 2.62. The zero-order chi connectivity index (χ0) is 16.7. The summed E-state index contributed by atoms with van der Waals surface area (Å²) < 4.78 is 22.3. The average Bonchev–Trinajstić information content (AvgIpc) is 2.53. The molecular formula is C16H23N3O3S. The maximum absolute atomic E-state index is 11.7. The SMILES string of the molecule is NS(=O)(=O)c1ccc(CNC(=O)N/C=C/C2CCCCC2)cc1. The molecule has 126 valence electrons. The molecule has 1 fully saturated rings. The number of nitrogens with one attached hydrogen (secondary N) is 2. The molecule has 0 heterocycles. The summed E-state index contributed by atoms with van der Waals surface area (Å²) in [5.41, 5.74) is 0.795. The van der Waals surface area contributed by atoms with Crippen LogP contribution in [0.15, 0.2) is 41.4 Å². The predicted octanol–water partition coefficient (Wildman–Crippen LogP) is 2.23. The number of allylic oxidation sites excluding steroid dienone is 1. The molecule has 0 unspecified atom stereocenters. The highest BCUT2D eigenvalue weighted by Gasteiger charge is 2.10. The molecule has 4 N–H and O–H groups in total. The number of hydrogen-bond acceptors (Lipinski definition) is 3. The van der Waals surface area contributed by atoms with Gasteiger partial charge in [-0.2, -0.15) is 0 Å². The number of rotatable bonds is 5. The molecule has 1 aromatic rings. The molecule has 7 heteroatoms. The largest absolute Gasteiger partial charge is 0.334 e. The summed E-state index contributed by atoms with van der Waals surface area (Å²) in [6.07, 6.45) is 9.97. The first kappa shape index (κ1) is 17.5. The Morgan fingerprint density at radius 1 is 1.17 bits per heavy atom. The highest BCUT2D eigenvalue weighted by Crippen LogP contribution is 2.24. The molecule has 1 saturated carbocycles. The maximum atomic E-state index is 11.7. The van der Waals surface area contributed by atoms with E-state index in [1.165, 1.54) is 44.2 Å². The number of nitrogens with two attached hydrogens (primary N) is 1. The second-order valence-corrected chi connectivity index (χ2v) is 7.33. The maximum Gasteiger partial charge on any atom is 0.319 e. The third kappa shape index (κ3) is 6.03. The van der Waals surface area contributed by atoms with Crippen LogP contribution in [-0.2, 0) is 16.6 Å². The number of amides is 2. The second-order valence-electron chi connectivity index (χ2n) is 5.77. The van der Waals surface area contributed by atoms with Crippen LogP contribution in [0.5, 0.6) is 0 Å². The van der Waals surface area contributed by atoms with Crippen molar-refractivity contribution in [1.29, 1.82) is 0 Å². The van der Waals surface area contributed by atoms with Gasteiger partial charge < -0.3 is 10.6 Å². The average molecular weight is 337 g/mol. The molecule has 0 aliphatic heterocycles. The summed E-state index contributed by atoms with van der Waals surface area (Å²) in [5.74, 6) is 0.565. The van der Waals surface area contributed by atoms with E-state index in [2.05, 4.69) is 16.7 Å². The lowest BCUT2D eigenvalue weighted by molar-refractivity contribution is 0.243. The summed E-state index contributed by atoms with van der Waals surface area (Å²) >= 11 is 0. The molecule has 2 rings (SSSR count). The lowest BCUT2D eigenvalue weighted by atomic mass is 9.89. The Labute approximate surface area is 137 Å². The Morgan fingerprint density at radius 3 is 2.43 bits per heavy atom. The molecule has 23 heavy (non-hydrogen) atoms. The lowest BCUT2D eigenvalue weighted by Gasteiger charge is -2.17. The van der Waals surface area contributed by atoms with Crippen LogP contribution in [0.25, 0.3) is 0 Å². The Hall–Kier alpha value is -1.86.